The van der Waals surface area contributed by atoms with Gasteiger partial charge in [-0.2, -0.15) is 0 Å². The number of nitrogens with one attached hydrogen (secondary N) is 1. The predicted octanol–water partition coefficient (Wildman–Crippen LogP) is 5.61. The average Bonchev–Trinajstić information content (AvgIpc) is 2.60. The summed E-state index contributed by atoms with van der Waals surface area (Å²) < 4.78 is -0.0934. The van der Waals surface area contributed by atoms with Crippen molar-refractivity contribution >= 4 is 26.5 Å². The monoisotopic (exact) mass is 432 g/mol. The minimum absolute atomic E-state index is 0.0934. The van der Waals surface area contributed by atoms with Gasteiger partial charge in [0.15, 0.2) is 0 Å². The quantitative estimate of drug-likeness (QED) is 0.194. The first-order valence-corrected chi connectivity index (χ1v) is 11.6. The van der Waals surface area contributed by atoms with E-state index in [4.69, 9.17) is 5.73 Å². The standard InChI is InChI=1S/C21H41BrN2O2/c1-2-3-4-5-6-7-8-9-10-11-12-13-14-15-18-24-19(21(22)26)16-17-20(23)25/h19,24H,2-18H2,1H3,(H2,23,25). The summed E-state index contributed by atoms with van der Waals surface area (Å²) >= 11 is 2.98. The van der Waals surface area contributed by atoms with Crippen molar-refractivity contribution in [2.24, 2.45) is 5.73 Å². The summed E-state index contributed by atoms with van der Waals surface area (Å²) in [5.74, 6) is -0.359. The number of primary amides is 1. The van der Waals surface area contributed by atoms with E-state index in [-0.39, 0.29) is 23.1 Å². The smallest absolute Gasteiger partial charge is 0.217 e. The second kappa shape index (κ2) is 19.3. The topological polar surface area (TPSA) is 72.2 Å². The SMILES string of the molecule is CCCCCCCCCCCCCCCCNC(CCC(N)=O)C(=O)Br. The van der Waals surface area contributed by atoms with Gasteiger partial charge >= 0.3 is 0 Å². The van der Waals surface area contributed by atoms with Crippen LogP contribution in [0.15, 0.2) is 0 Å². The van der Waals surface area contributed by atoms with Crippen molar-refractivity contribution < 1.29 is 9.59 Å². The first kappa shape index (κ1) is 25.6. The second-order valence-electron chi connectivity index (χ2n) is 7.41. The van der Waals surface area contributed by atoms with E-state index >= 15 is 0 Å². The van der Waals surface area contributed by atoms with Crippen molar-refractivity contribution in [2.45, 2.75) is 116 Å². The van der Waals surface area contributed by atoms with Crippen molar-refractivity contribution in [1.29, 1.82) is 0 Å². The van der Waals surface area contributed by atoms with Crippen LogP contribution in [0.2, 0.25) is 0 Å². The van der Waals surface area contributed by atoms with Gasteiger partial charge < -0.3 is 11.1 Å². The van der Waals surface area contributed by atoms with Gasteiger partial charge in [0, 0.05) is 6.42 Å². The molecule has 1 unspecified atom stereocenters. The van der Waals surface area contributed by atoms with Crippen molar-refractivity contribution in [3.05, 3.63) is 0 Å². The Bertz CT molecular complexity index is 351. The van der Waals surface area contributed by atoms with Crippen LogP contribution in [0.4, 0.5) is 0 Å². The van der Waals surface area contributed by atoms with Gasteiger partial charge in [0.1, 0.15) is 0 Å². The summed E-state index contributed by atoms with van der Waals surface area (Å²) in [4.78, 5) is 22.2. The van der Waals surface area contributed by atoms with Crippen LogP contribution < -0.4 is 11.1 Å². The van der Waals surface area contributed by atoms with Crippen LogP contribution in [0.3, 0.4) is 0 Å². The fourth-order valence-corrected chi connectivity index (χ4v) is 3.57. The third kappa shape index (κ3) is 18.4. The Balaban J connectivity index is 3.32. The first-order chi connectivity index (χ1) is 12.6. The van der Waals surface area contributed by atoms with E-state index < -0.39 is 0 Å². The van der Waals surface area contributed by atoms with E-state index in [9.17, 15) is 9.59 Å². The molecule has 0 bridgehead atoms. The Morgan fingerprint density at radius 1 is 0.808 bits per heavy atom. The molecule has 0 aliphatic carbocycles. The highest BCUT2D eigenvalue weighted by Crippen LogP contribution is 2.13. The molecule has 0 radical (unpaired) electrons. The maximum absolute atomic E-state index is 11.4. The number of carbonyl (C=O) groups excluding carboxylic acids is 2. The van der Waals surface area contributed by atoms with E-state index in [1.807, 2.05) is 0 Å². The summed E-state index contributed by atoms with van der Waals surface area (Å²) in [6.07, 6.45) is 19.5. The van der Waals surface area contributed by atoms with Gasteiger partial charge in [-0.1, -0.05) is 90.4 Å². The van der Waals surface area contributed by atoms with E-state index in [0.717, 1.165) is 13.0 Å². The molecule has 0 aliphatic rings. The molecular formula is C21H41BrN2O2. The van der Waals surface area contributed by atoms with Crippen LogP contribution in [0.1, 0.15) is 110 Å². The lowest BCUT2D eigenvalue weighted by Gasteiger charge is -2.13. The Labute approximate surface area is 169 Å². The van der Waals surface area contributed by atoms with Crippen molar-refractivity contribution in [3.8, 4) is 0 Å². The molecule has 0 aromatic rings. The number of hydrogen-bond donors (Lipinski definition) is 2. The molecule has 0 saturated heterocycles. The minimum Gasteiger partial charge on any atom is -0.370 e. The molecule has 0 aromatic heterocycles. The Morgan fingerprint density at radius 2 is 1.23 bits per heavy atom. The van der Waals surface area contributed by atoms with Crippen LogP contribution in [-0.2, 0) is 9.59 Å². The molecule has 1 amide bonds. The third-order valence-corrected chi connectivity index (χ3v) is 5.43. The highest BCUT2D eigenvalue weighted by atomic mass is 79.9. The van der Waals surface area contributed by atoms with E-state index in [2.05, 4.69) is 28.2 Å². The molecule has 1 atom stereocenters. The Morgan fingerprint density at radius 3 is 1.62 bits per heavy atom. The molecular weight excluding hydrogens is 392 g/mol. The summed E-state index contributed by atoms with van der Waals surface area (Å²) in [7, 11) is 0. The molecule has 0 saturated carbocycles. The normalized spacial score (nSPS) is 12.2. The Kier molecular flexibility index (Phi) is 19.0. The lowest BCUT2D eigenvalue weighted by molar-refractivity contribution is -0.118. The Hall–Kier alpha value is -0.420. The zero-order valence-corrected chi connectivity index (χ0v) is 18.5. The zero-order valence-electron chi connectivity index (χ0n) is 16.9. The predicted molar refractivity (Wildman–Crippen MR) is 114 cm³/mol. The van der Waals surface area contributed by atoms with Gasteiger partial charge in [0.2, 0.25) is 10.6 Å². The zero-order chi connectivity index (χ0) is 19.5. The van der Waals surface area contributed by atoms with Crippen LogP contribution in [0, 0.1) is 0 Å². The van der Waals surface area contributed by atoms with Crippen LogP contribution >= 0.6 is 15.9 Å². The lowest BCUT2D eigenvalue weighted by Crippen LogP contribution is -2.35. The van der Waals surface area contributed by atoms with Gasteiger partial charge in [-0.25, -0.2) is 0 Å². The fourth-order valence-electron chi connectivity index (χ4n) is 3.18. The van der Waals surface area contributed by atoms with E-state index in [1.54, 1.807) is 0 Å². The summed E-state index contributed by atoms with van der Waals surface area (Å²) in [6.45, 7) is 3.09. The number of hydrogen-bond acceptors (Lipinski definition) is 3. The number of rotatable bonds is 20. The summed E-state index contributed by atoms with van der Waals surface area (Å²) in [5, 5.41) is 3.21. The van der Waals surface area contributed by atoms with Crippen LogP contribution in [0.25, 0.3) is 0 Å². The van der Waals surface area contributed by atoms with Crippen LogP contribution in [0.5, 0.6) is 0 Å². The highest BCUT2D eigenvalue weighted by molar-refractivity contribution is 9.18. The number of amides is 1. The first-order valence-electron chi connectivity index (χ1n) is 10.8. The average molecular weight is 433 g/mol. The molecule has 154 valence electrons. The molecule has 0 fully saturated rings. The summed E-state index contributed by atoms with van der Waals surface area (Å²) in [6, 6.07) is -0.301. The largest absolute Gasteiger partial charge is 0.370 e. The van der Waals surface area contributed by atoms with Gasteiger partial charge in [-0.05, 0) is 35.3 Å². The lowest BCUT2D eigenvalue weighted by atomic mass is 10.0. The van der Waals surface area contributed by atoms with E-state index in [1.165, 1.54) is 83.5 Å². The van der Waals surface area contributed by atoms with Crippen molar-refractivity contribution in [1.82, 2.24) is 5.32 Å². The van der Waals surface area contributed by atoms with Crippen LogP contribution in [-0.4, -0.2) is 23.2 Å². The van der Waals surface area contributed by atoms with Gasteiger partial charge in [0.05, 0.1) is 6.04 Å². The number of nitrogens with two attached hydrogens (primary N) is 1. The van der Waals surface area contributed by atoms with E-state index in [0.29, 0.717) is 6.42 Å². The molecule has 0 heterocycles. The number of unbranched alkanes of at least 4 members (excludes halogenated alkanes) is 13. The minimum atomic E-state index is -0.359. The second-order valence-corrected chi connectivity index (χ2v) is 8.19. The van der Waals surface area contributed by atoms with Gasteiger partial charge in [-0.15, -0.1) is 0 Å². The molecule has 4 nitrogen and oxygen atoms in total. The molecule has 3 N–H and O–H groups in total. The highest BCUT2D eigenvalue weighted by Gasteiger charge is 2.15. The van der Waals surface area contributed by atoms with Crippen molar-refractivity contribution in [2.75, 3.05) is 6.54 Å². The molecule has 0 spiro atoms. The van der Waals surface area contributed by atoms with Gasteiger partial charge in [0.25, 0.3) is 0 Å². The molecule has 5 heteroatoms. The maximum atomic E-state index is 11.4. The third-order valence-electron chi connectivity index (χ3n) is 4.87. The fraction of sp³-hybridized carbons (Fsp3) is 0.905. The maximum Gasteiger partial charge on any atom is 0.217 e. The molecule has 26 heavy (non-hydrogen) atoms. The number of halogens is 1. The summed E-state index contributed by atoms with van der Waals surface area (Å²) in [5.41, 5.74) is 5.13. The van der Waals surface area contributed by atoms with Crippen molar-refractivity contribution in [3.63, 3.8) is 0 Å². The molecule has 0 rings (SSSR count). The molecule has 0 aliphatic heterocycles. The molecule has 0 aromatic carbocycles. The number of carbonyl (C=O) groups is 2. The van der Waals surface area contributed by atoms with Gasteiger partial charge in [-0.3, -0.25) is 9.59 Å².